The van der Waals surface area contributed by atoms with Gasteiger partial charge in [-0.1, -0.05) is 40.2 Å². The summed E-state index contributed by atoms with van der Waals surface area (Å²) in [6, 6.07) is 14.5. The van der Waals surface area contributed by atoms with Crippen molar-refractivity contribution >= 4 is 32.8 Å². The Hall–Kier alpha value is -2.44. The van der Waals surface area contributed by atoms with Gasteiger partial charge in [-0.2, -0.15) is 0 Å². The molecule has 0 spiro atoms. The van der Waals surface area contributed by atoms with Crippen LogP contribution in [-0.4, -0.2) is 37.0 Å². The zero-order valence-electron chi connectivity index (χ0n) is 17.3. The van der Waals surface area contributed by atoms with Gasteiger partial charge in [0.15, 0.2) is 5.43 Å². The first kappa shape index (κ1) is 20.8. The Labute approximate surface area is 184 Å². The van der Waals surface area contributed by atoms with Crippen LogP contribution in [0.15, 0.2) is 62.2 Å². The smallest absolute Gasteiger partial charge is 0.290 e. The monoisotopic (exact) mass is 469 g/mol. The fourth-order valence-electron chi connectivity index (χ4n) is 4.32. The number of nitrogens with one attached hydrogen (secondary N) is 1. The van der Waals surface area contributed by atoms with Gasteiger partial charge >= 0.3 is 0 Å². The van der Waals surface area contributed by atoms with Crippen LogP contribution in [0.5, 0.6) is 0 Å². The van der Waals surface area contributed by atoms with Crippen LogP contribution in [0.25, 0.3) is 11.0 Å². The highest BCUT2D eigenvalue weighted by Gasteiger charge is 2.42. The number of nitrogens with zero attached hydrogens (tertiary/aromatic N) is 1. The first-order valence-electron chi connectivity index (χ1n) is 10.5. The number of halogens is 1. The molecule has 0 saturated heterocycles. The highest BCUT2D eigenvalue weighted by atomic mass is 79.9. The fraction of sp³-hybridized carbons (Fsp3) is 0.333. The number of amides is 1. The van der Waals surface area contributed by atoms with Gasteiger partial charge in [-0.25, -0.2) is 0 Å². The Morgan fingerprint density at radius 3 is 2.57 bits per heavy atom. The lowest BCUT2D eigenvalue weighted by molar-refractivity contribution is -0.896. The third-order valence-electron chi connectivity index (χ3n) is 5.97. The van der Waals surface area contributed by atoms with Crippen LogP contribution in [0.4, 0.5) is 0 Å². The van der Waals surface area contributed by atoms with Crippen LogP contribution in [-0.2, 0) is 0 Å². The zero-order chi connectivity index (χ0) is 21.3. The summed E-state index contributed by atoms with van der Waals surface area (Å²) in [7, 11) is 0. The predicted molar refractivity (Wildman–Crippen MR) is 121 cm³/mol. The molecule has 1 N–H and O–H groups in total. The summed E-state index contributed by atoms with van der Waals surface area (Å²) in [4.78, 5) is 30.1. The normalized spacial score (nSPS) is 15.9. The van der Waals surface area contributed by atoms with Gasteiger partial charge in [0.05, 0.1) is 36.6 Å². The number of hydrogen-bond acceptors (Lipinski definition) is 3. The topological polar surface area (TPSA) is 55.0 Å². The second-order valence-electron chi connectivity index (χ2n) is 7.69. The summed E-state index contributed by atoms with van der Waals surface area (Å²) in [5, 5.41) is 0.512. The Morgan fingerprint density at radius 2 is 1.83 bits per heavy atom. The lowest BCUT2D eigenvalue weighted by atomic mass is 9.98. The second kappa shape index (κ2) is 8.74. The molecule has 0 radical (unpaired) electrons. The number of hydrogen-bond donors (Lipinski definition) is 1. The quantitative estimate of drug-likeness (QED) is 0.576. The van der Waals surface area contributed by atoms with E-state index in [9.17, 15) is 9.59 Å². The molecule has 1 amide bonds. The minimum Gasteiger partial charge on any atom is -0.450 e. The third-order valence-corrected chi connectivity index (χ3v) is 6.46. The Morgan fingerprint density at radius 1 is 1.07 bits per heavy atom. The Bertz CT molecular complexity index is 1140. The lowest BCUT2D eigenvalue weighted by Crippen LogP contribution is -3.11. The van der Waals surface area contributed by atoms with Crippen LogP contribution >= 0.6 is 15.9 Å². The number of carbonyl (C=O) groups excluding carboxylic acids is 1. The van der Waals surface area contributed by atoms with Crippen molar-refractivity contribution in [1.29, 1.82) is 0 Å². The molecule has 30 heavy (non-hydrogen) atoms. The van der Waals surface area contributed by atoms with E-state index in [2.05, 4.69) is 29.8 Å². The summed E-state index contributed by atoms with van der Waals surface area (Å²) < 4.78 is 6.89. The van der Waals surface area contributed by atoms with Gasteiger partial charge in [0.1, 0.15) is 5.58 Å². The molecule has 2 aromatic carbocycles. The van der Waals surface area contributed by atoms with Crippen molar-refractivity contribution in [1.82, 2.24) is 4.90 Å². The minimum absolute atomic E-state index is 0.123. The molecule has 0 fully saturated rings. The fourth-order valence-corrected chi connectivity index (χ4v) is 4.74. The predicted octanol–water partition coefficient (Wildman–Crippen LogP) is 3.42. The Balaban J connectivity index is 1.79. The van der Waals surface area contributed by atoms with E-state index in [1.54, 1.807) is 17.0 Å². The SMILES string of the molecule is CC[NH+](CC)CCCN1C(=O)c2oc3ccccc3c(=O)c2[C@H]1c1cccc(Br)c1. The molecule has 0 aliphatic carbocycles. The van der Waals surface area contributed by atoms with Gasteiger partial charge in [-0.3, -0.25) is 9.59 Å². The summed E-state index contributed by atoms with van der Waals surface area (Å²) in [5.41, 5.74) is 1.69. The maximum atomic E-state index is 13.4. The van der Waals surface area contributed by atoms with E-state index in [4.69, 9.17) is 4.42 Å². The molecule has 0 bridgehead atoms. The number of quaternary nitrogens is 1. The van der Waals surface area contributed by atoms with Gasteiger partial charge < -0.3 is 14.2 Å². The average molecular weight is 470 g/mol. The van der Waals surface area contributed by atoms with Crippen molar-refractivity contribution in [2.24, 2.45) is 0 Å². The molecule has 1 aliphatic rings. The van der Waals surface area contributed by atoms with Gasteiger partial charge in [0, 0.05) is 17.4 Å². The highest BCUT2D eigenvalue weighted by molar-refractivity contribution is 9.10. The van der Waals surface area contributed by atoms with E-state index in [1.165, 1.54) is 4.90 Å². The molecule has 0 saturated carbocycles. The largest absolute Gasteiger partial charge is 0.450 e. The molecule has 156 valence electrons. The molecule has 2 heterocycles. The second-order valence-corrected chi connectivity index (χ2v) is 8.60. The van der Waals surface area contributed by atoms with Crippen LogP contribution in [0, 0.1) is 0 Å². The maximum absolute atomic E-state index is 13.4. The summed E-state index contributed by atoms with van der Waals surface area (Å²) in [6.45, 7) is 8.04. The van der Waals surface area contributed by atoms with Crippen molar-refractivity contribution in [3.63, 3.8) is 0 Å². The minimum atomic E-state index is -0.433. The van der Waals surface area contributed by atoms with E-state index in [1.807, 2.05) is 36.4 Å². The van der Waals surface area contributed by atoms with Crippen LogP contribution in [0.2, 0.25) is 0 Å². The highest BCUT2D eigenvalue weighted by Crippen LogP contribution is 2.38. The average Bonchev–Trinajstić information content (AvgIpc) is 3.03. The van der Waals surface area contributed by atoms with E-state index in [-0.39, 0.29) is 17.1 Å². The molecular weight excluding hydrogens is 444 g/mol. The van der Waals surface area contributed by atoms with E-state index < -0.39 is 6.04 Å². The van der Waals surface area contributed by atoms with Crippen LogP contribution in [0.1, 0.15) is 48.0 Å². The van der Waals surface area contributed by atoms with Crippen molar-refractivity contribution in [2.75, 3.05) is 26.2 Å². The summed E-state index contributed by atoms with van der Waals surface area (Å²) in [6.07, 6.45) is 0.870. The lowest BCUT2D eigenvalue weighted by Gasteiger charge is -2.26. The molecular formula is C24H26BrN2O3+. The molecule has 1 atom stereocenters. The number of rotatable bonds is 7. The van der Waals surface area contributed by atoms with E-state index in [0.717, 1.165) is 36.1 Å². The zero-order valence-corrected chi connectivity index (χ0v) is 18.9. The molecule has 5 nitrogen and oxygen atoms in total. The molecule has 6 heteroatoms. The standard InChI is InChI=1S/C24H25BrN2O3/c1-3-26(4-2)13-8-14-27-21(16-9-7-10-17(25)15-16)20-22(28)18-11-5-6-12-19(18)30-23(20)24(27)29/h5-7,9-12,15,21H,3-4,8,13-14H2,1-2H3/p+1/t21-/m1/s1. The first-order valence-corrected chi connectivity index (χ1v) is 11.3. The van der Waals surface area contributed by atoms with Gasteiger partial charge in [-0.05, 0) is 43.7 Å². The van der Waals surface area contributed by atoms with Crippen LogP contribution < -0.4 is 10.3 Å². The summed E-state index contributed by atoms with van der Waals surface area (Å²) >= 11 is 3.52. The van der Waals surface area contributed by atoms with Gasteiger partial charge in [0.25, 0.3) is 5.91 Å². The molecule has 4 rings (SSSR count). The number of fused-ring (bicyclic) bond motifs is 2. The van der Waals surface area contributed by atoms with Crippen molar-refractivity contribution in [3.05, 3.63) is 80.1 Å². The van der Waals surface area contributed by atoms with Crippen LogP contribution in [0.3, 0.4) is 0 Å². The maximum Gasteiger partial charge on any atom is 0.290 e. The molecule has 1 aliphatic heterocycles. The van der Waals surface area contributed by atoms with Gasteiger partial charge in [0.2, 0.25) is 5.76 Å². The van der Waals surface area contributed by atoms with Gasteiger partial charge in [-0.15, -0.1) is 0 Å². The van der Waals surface area contributed by atoms with Crippen molar-refractivity contribution in [3.8, 4) is 0 Å². The molecule has 1 aromatic heterocycles. The third kappa shape index (κ3) is 3.70. The molecule has 3 aromatic rings. The number of benzene rings is 2. The number of carbonyl (C=O) groups is 1. The number of para-hydroxylation sites is 1. The van der Waals surface area contributed by atoms with Crippen molar-refractivity contribution in [2.45, 2.75) is 26.3 Å². The first-order chi connectivity index (χ1) is 14.5. The van der Waals surface area contributed by atoms with E-state index in [0.29, 0.717) is 23.1 Å². The van der Waals surface area contributed by atoms with E-state index >= 15 is 0 Å². The van der Waals surface area contributed by atoms with Crippen molar-refractivity contribution < 1.29 is 14.1 Å². The summed E-state index contributed by atoms with van der Waals surface area (Å²) in [5.74, 6) is -0.0220. The molecule has 0 unspecified atom stereocenters. The Kier molecular flexibility index (Phi) is 6.06.